The molecule has 0 rings (SSSR count). The van der Waals surface area contributed by atoms with Gasteiger partial charge in [-0.3, -0.25) is 0 Å². The Morgan fingerprint density at radius 3 is 1.62 bits per heavy atom. The fourth-order valence-electron chi connectivity index (χ4n) is 0. The van der Waals surface area contributed by atoms with Gasteiger partial charge in [0.15, 0.2) is 0 Å². The Bertz CT molecular complexity index is 57.9. The quantitative estimate of drug-likeness (QED) is 0.320. The van der Waals surface area contributed by atoms with Crippen molar-refractivity contribution in [3.05, 3.63) is 18.8 Å². The summed E-state index contributed by atoms with van der Waals surface area (Å²) < 4.78 is 0. The molecule has 0 heterocycles. The summed E-state index contributed by atoms with van der Waals surface area (Å²) in [4.78, 5) is 0. The van der Waals surface area contributed by atoms with Crippen molar-refractivity contribution in [3.63, 3.8) is 0 Å². The maximum atomic E-state index is 3.91. The van der Waals surface area contributed by atoms with E-state index < -0.39 is 8.07 Å². The molecule has 0 aliphatic rings. The van der Waals surface area contributed by atoms with Gasteiger partial charge < -0.3 is 19.0 Å². The Labute approximate surface area is 75.3 Å². The third kappa shape index (κ3) is 15.7. The van der Waals surface area contributed by atoms with Crippen LogP contribution in [0.4, 0.5) is 0 Å². The molecule has 0 N–H and O–H groups in total. The molecule has 0 aromatic rings. The van der Waals surface area contributed by atoms with Crippen LogP contribution in [0, 0.1) is 6.55 Å². The monoisotopic (exact) mass is 158 g/mol. The Hall–Kier alpha value is 1.01. The van der Waals surface area contributed by atoms with E-state index in [1.165, 1.54) is 0 Å². The summed E-state index contributed by atoms with van der Waals surface area (Å²) in [5.74, 6) is 0. The molecule has 0 aromatic carbocycles. The summed E-state index contributed by atoms with van der Waals surface area (Å²) in [6.07, 6.45) is 0. The third-order valence-electron chi connectivity index (χ3n) is 0.553. The molecular weight excluding hydrogens is 148 g/mol. The Kier molecular flexibility index (Phi) is 12.3. The normalized spacial score (nSPS) is 8.38. The van der Waals surface area contributed by atoms with Crippen LogP contribution in [0.5, 0.6) is 0 Å². The van der Waals surface area contributed by atoms with Crippen LogP contribution in [0.15, 0.2) is 12.3 Å². The van der Waals surface area contributed by atoms with Gasteiger partial charge in [0.1, 0.15) is 0 Å². The Morgan fingerprint density at radius 1 is 1.50 bits per heavy atom. The van der Waals surface area contributed by atoms with E-state index in [2.05, 4.69) is 26.2 Å². The van der Waals surface area contributed by atoms with E-state index in [9.17, 15) is 0 Å². The van der Waals surface area contributed by atoms with Gasteiger partial charge in [-0.15, -0.1) is 12.3 Å². The predicted molar refractivity (Wildman–Crippen MR) is 38.8 cm³/mol. The summed E-state index contributed by atoms with van der Waals surface area (Å²) in [7, 11) is -1.12. The van der Waals surface area contributed by atoms with Crippen LogP contribution in [0.3, 0.4) is 0 Å². The second-order valence-electron chi connectivity index (χ2n) is 2.19. The molecule has 8 heavy (non-hydrogen) atoms. The third-order valence-corrected chi connectivity index (χ3v) is 1.66. The van der Waals surface area contributed by atoms with E-state index >= 15 is 0 Å². The topological polar surface area (TPSA) is 0 Å². The van der Waals surface area contributed by atoms with Gasteiger partial charge in [0.05, 0.1) is 0 Å². The van der Waals surface area contributed by atoms with Gasteiger partial charge in [-0.2, -0.15) is 0 Å². The van der Waals surface area contributed by atoms with E-state index in [-0.39, 0.29) is 35.5 Å². The van der Waals surface area contributed by atoms with Crippen molar-refractivity contribution in [2.75, 3.05) is 0 Å². The molecule has 0 fully saturated rings. The first-order chi connectivity index (χ1) is 2.56. The van der Waals surface area contributed by atoms with Gasteiger partial charge in [0.25, 0.3) is 0 Å². The van der Waals surface area contributed by atoms with Crippen molar-refractivity contribution in [2.45, 2.75) is 13.1 Å². The van der Waals surface area contributed by atoms with Crippen molar-refractivity contribution in [1.82, 2.24) is 0 Å². The van der Waals surface area contributed by atoms with Crippen LogP contribution < -0.4 is 12.4 Å². The summed E-state index contributed by atoms with van der Waals surface area (Å²) in [6, 6.07) is 0. The smallest absolute Gasteiger partial charge is 1.00 e. The molecule has 0 unspecified atom stereocenters. The second-order valence-corrected chi connectivity index (χ2v) is 6.58. The Morgan fingerprint density at radius 2 is 1.62 bits per heavy atom. The van der Waals surface area contributed by atoms with E-state index in [0.717, 1.165) is 0 Å². The van der Waals surface area contributed by atoms with Crippen LogP contribution in [0.25, 0.3) is 0 Å². The zero-order valence-electron chi connectivity index (χ0n) is 5.58. The van der Waals surface area contributed by atoms with Crippen molar-refractivity contribution >= 4 is 31.1 Å². The average molecular weight is 159 g/mol. The number of hydrogen-bond donors (Lipinski definition) is 0. The van der Waals surface area contributed by atoms with Crippen molar-refractivity contribution in [1.29, 1.82) is 0 Å². The van der Waals surface area contributed by atoms with Gasteiger partial charge in [0, 0.05) is 0 Å². The fourth-order valence-corrected chi connectivity index (χ4v) is 0. The SMILES string of the molecule is C=C[Si]([CH2-])(C)C.[Cl-].[Mg+2]. The first-order valence-corrected chi connectivity index (χ1v) is 5.33. The molecule has 0 aromatic heterocycles. The van der Waals surface area contributed by atoms with E-state index in [1.807, 2.05) is 5.70 Å². The van der Waals surface area contributed by atoms with Gasteiger partial charge in [-0.25, -0.2) is 0 Å². The molecule has 0 amide bonds. The zero-order valence-corrected chi connectivity index (χ0v) is 8.75. The van der Waals surface area contributed by atoms with Crippen LogP contribution in [-0.2, 0) is 0 Å². The van der Waals surface area contributed by atoms with Gasteiger partial charge in [0.2, 0.25) is 0 Å². The fraction of sp³-hybridized carbons (Fsp3) is 0.400. The van der Waals surface area contributed by atoms with Crippen molar-refractivity contribution < 1.29 is 12.4 Å². The standard InChI is InChI=1S/C5H11Si.ClH.Mg/c1-5-6(2,3)4;;/h5H,1-2H2,3-4H3;1H;/q-1;;+2/p-1. The Balaban J connectivity index is -0.000000125. The zero-order chi connectivity index (χ0) is 5.21. The van der Waals surface area contributed by atoms with Crippen LogP contribution in [-0.4, -0.2) is 31.1 Å². The first-order valence-electron chi connectivity index (χ1n) is 2.05. The molecule has 44 valence electrons. The molecular formula is C5H11ClMgSi. The van der Waals surface area contributed by atoms with E-state index in [4.69, 9.17) is 0 Å². The van der Waals surface area contributed by atoms with E-state index in [1.54, 1.807) is 0 Å². The van der Waals surface area contributed by atoms with Crippen LogP contribution in [0.2, 0.25) is 13.1 Å². The van der Waals surface area contributed by atoms with Gasteiger partial charge >= 0.3 is 23.1 Å². The summed E-state index contributed by atoms with van der Waals surface area (Å²) >= 11 is 0. The summed E-state index contributed by atoms with van der Waals surface area (Å²) in [5, 5.41) is 0. The number of halogens is 1. The minimum Gasteiger partial charge on any atom is -1.00 e. The molecule has 0 atom stereocenters. The minimum atomic E-state index is -1.12. The molecule has 0 saturated heterocycles. The molecule has 0 radical (unpaired) electrons. The summed E-state index contributed by atoms with van der Waals surface area (Å²) in [5.41, 5.74) is 1.97. The molecule has 0 aliphatic heterocycles. The average Bonchev–Trinajstić information content (AvgIpc) is 1.35. The molecule has 3 heteroatoms. The first kappa shape index (κ1) is 16.0. The maximum absolute atomic E-state index is 3.91. The molecule has 0 spiro atoms. The van der Waals surface area contributed by atoms with Crippen molar-refractivity contribution in [3.8, 4) is 0 Å². The second kappa shape index (κ2) is 6.14. The van der Waals surface area contributed by atoms with Crippen molar-refractivity contribution in [2.24, 2.45) is 0 Å². The van der Waals surface area contributed by atoms with Gasteiger partial charge in [-0.1, -0.05) is 21.2 Å². The largest absolute Gasteiger partial charge is 2.00 e. The minimum absolute atomic E-state index is 0. The molecule has 0 saturated carbocycles. The molecule has 0 bridgehead atoms. The maximum Gasteiger partial charge on any atom is 2.00 e. The number of hydrogen-bond acceptors (Lipinski definition) is 0. The molecule has 0 nitrogen and oxygen atoms in total. The number of rotatable bonds is 1. The molecule has 0 aliphatic carbocycles. The van der Waals surface area contributed by atoms with Crippen LogP contribution in [0.1, 0.15) is 0 Å². The van der Waals surface area contributed by atoms with Gasteiger partial charge in [-0.05, 0) is 0 Å². The van der Waals surface area contributed by atoms with Crippen LogP contribution >= 0.6 is 0 Å². The van der Waals surface area contributed by atoms with E-state index in [0.29, 0.717) is 0 Å². The predicted octanol–water partition coefficient (Wildman–Crippen LogP) is -1.58. The summed E-state index contributed by atoms with van der Waals surface area (Å²) in [6.45, 7) is 11.8.